The van der Waals surface area contributed by atoms with Crippen LogP contribution >= 0.6 is 0 Å². The lowest BCUT2D eigenvalue weighted by molar-refractivity contribution is -0.123. The fourth-order valence-electron chi connectivity index (χ4n) is 1.51. The van der Waals surface area contributed by atoms with Gasteiger partial charge in [-0.25, -0.2) is 0 Å². The average Bonchev–Trinajstić information content (AvgIpc) is 2.31. The summed E-state index contributed by atoms with van der Waals surface area (Å²) in [6, 6.07) is -0.215. The molecule has 5 nitrogen and oxygen atoms in total. The molecule has 1 amide bonds. The van der Waals surface area contributed by atoms with Crippen LogP contribution in [0.3, 0.4) is 0 Å². The van der Waals surface area contributed by atoms with Crippen molar-refractivity contribution >= 4 is 5.91 Å². The third-order valence-corrected chi connectivity index (χ3v) is 2.59. The molecule has 108 valence electrons. The maximum Gasteiger partial charge on any atom is 0.236 e. The zero-order chi connectivity index (χ0) is 14.0. The van der Waals surface area contributed by atoms with Gasteiger partial charge in [0.15, 0.2) is 0 Å². The second-order valence-corrected chi connectivity index (χ2v) is 4.93. The van der Waals surface area contributed by atoms with Gasteiger partial charge < -0.3 is 20.1 Å². The molecule has 0 heterocycles. The molecule has 1 atom stereocenters. The van der Waals surface area contributed by atoms with E-state index in [0.717, 1.165) is 6.42 Å². The fraction of sp³-hybridized carbons (Fsp3) is 0.923. The van der Waals surface area contributed by atoms with Gasteiger partial charge >= 0.3 is 0 Å². The summed E-state index contributed by atoms with van der Waals surface area (Å²) in [5.41, 5.74) is -0.251. The Labute approximate surface area is 111 Å². The minimum absolute atomic E-state index is 0.0124. The van der Waals surface area contributed by atoms with Crippen molar-refractivity contribution < 1.29 is 14.3 Å². The molecule has 0 saturated heterocycles. The molecule has 0 aliphatic carbocycles. The summed E-state index contributed by atoms with van der Waals surface area (Å²) in [6.07, 6.45) is 0.833. The Hall–Kier alpha value is -0.650. The van der Waals surface area contributed by atoms with E-state index in [1.807, 2.05) is 27.7 Å². The summed E-state index contributed by atoms with van der Waals surface area (Å²) >= 11 is 0. The highest BCUT2D eigenvalue weighted by Crippen LogP contribution is 2.07. The van der Waals surface area contributed by atoms with Crippen molar-refractivity contribution in [2.24, 2.45) is 0 Å². The van der Waals surface area contributed by atoms with Gasteiger partial charge in [-0.1, -0.05) is 0 Å². The lowest BCUT2D eigenvalue weighted by atomic mass is 10.1. The third-order valence-electron chi connectivity index (χ3n) is 2.59. The molecule has 2 N–H and O–H groups in total. The highest BCUT2D eigenvalue weighted by atomic mass is 16.5. The van der Waals surface area contributed by atoms with Crippen LogP contribution in [0.15, 0.2) is 0 Å². The molecule has 0 radical (unpaired) electrons. The van der Waals surface area contributed by atoms with Crippen LogP contribution in [0.2, 0.25) is 0 Å². The molecular weight excluding hydrogens is 232 g/mol. The lowest BCUT2D eigenvalue weighted by Gasteiger charge is -2.26. The summed E-state index contributed by atoms with van der Waals surface area (Å²) in [5.74, 6) is 0.0124. The maximum atomic E-state index is 11.7. The van der Waals surface area contributed by atoms with Gasteiger partial charge in [0.2, 0.25) is 5.91 Å². The van der Waals surface area contributed by atoms with Crippen molar-refractivity contribution in [1.29, 1.82) is 0 Å². The monoisotopic (exact) mass is 260 g/mol. The summed E-state index contributed by atoms with van der Waals surface area (Å²) < 4.78 is 10.5. The molecule has 1 unspecified atom stereocenters. The Bertz CT molecular complexity index is 232. The molecule has 0 aromatic rings. The minimum atomic E-state index is -0.251. The lowest BCUT2D eigenvalue weighted by Crippen LogP contribution is -2.48. The molecule has 0 aromatic carbocycles. The first-order valence-electron chi connectivity index (χ1n) is 6.57. The van der Waals surface area contributed by atoms with E-state index in [-0.39, 0.29) is 17.6 Å². The zero-order valence-electron chi connectivity index (χ0n) is 12.3. The van der Waals surface area contributed by atoms with Gasteiger partial charge in [0.1, 0.15) is 0 Å². The van der Waals surface area contributed by atoms with Gasteiger partial charge in [-0.15, -0.1) is 0 Å². The highest BCUT2D eigenvalue weighted by Gasteiger charge is 2.20. The molecule has 0 fully saturated rings. The average molecular weight is 260 g/mol. The van der Waals surface area contributed by atoms with Crippen LogP contribution in [-0.4, -0.2) is 51.0 Å². The van der Waals surface area contributed by atoms with Crippen molar-refractivity contribution in [3.8, 4) is 0 Å². The van der Waals surface area contributed by atoms with Gasteiger partial charge in [-0.05, 0) is 34.1 Å². The SMILES string of the molecule is CCOC(C)(C)CNC(C)C(=O)NCCCOC. The number of methoxy groups -OCH3 is 1. The number of carbonyl (C=O) groups is 1. The van der Waals surface area contributed by atoms with Gasteiger partial charge in [-0.2, -0.15) is 0 Å². The van der Waals surface area contributed by atoms with E-state index in [0.29, 0.717) is 26.3 Å². The summed E-state index contributed by atoms with van der Waals surface area (Å²) in [7, 11) is 1.65. The van der Waals surface area contributed by atoms with Gasteiger partial charge in [0.25, 0.3) is 0 Å². The highest BCUT2D eigenvalue weighted by molar-refractivity contribution is 5.81. The fourth-order valence-corrected chi connectivity index (χ4v) is 1.51. The first kappa shape index (κ1) is 17.4. The molecule has 0 saturated carbocycles. The standard InChI is InChI=1S/C13H28N2O3/c1-6-18-13(3,4)10-15-11(2)12(16)14-8-7-9-17-5/h11,15H,6-10H2,1-5H3,(H,14,16). The second-order valence-electron chi connectivity index (χ2n) is 4.93. The van der Waals surface area contributed by atoms with E-state index in [1.54, 1.807) is 7.11 Å². The quantitative estimate of drug-likeness (QED) is 0.574. The van der Waals surface area contributed by atoms with Crippen LogP contribution < -0.4 is 10.6 Å². The molecule has 0 aliphatic rings. The molecule has 0 bridgehead atoms. The number of carbonyl (C=O) groups excluding carboxylic acids is 1. The van der Waals surface area contributed by atoms with E-state index in [9.17, 15) is 4.79 Å². The molecule has 0 aliphatic heterocycles. The van der Waals surface area contributed by atoms with E-state index >= 15 is 0 Å². The van der Waals surface area contributed by atoms with Crippen LogP contribution in [0.1, 0.15) is 34.1 Å². The topological polar surface area (TPSA) is 59.6 Å². The van der Waals surface area contributed by atoms with Crippen molar-refractivity contribution in [2.75, 3.05) is 33.4 Å². The van der Waals surface area contributed by atoms with Crippen LogP contribution in [0.4, 0.5) is 0 Å². The maximum absolute atomic E-state index is 11.7. The van der Waals surface area contributed by atoms with Crippen molar-refractivity contribution in [2.45, 2.75) is 45.8 Å². The Morgan fingerprint density at radius 2 is 2.06 bits per heavy atom. The van der Waals surface area contributed by atoms with Crippen molar-refractivity contribution in [3.63, 3.8) is 0 Å². The number of ether oxygens (including phenoxy) is 2. The predicted molar refractivity (Wildman–Crippen MR) is 72.7 cm³/mol. The largest absolute Gasteiger partial charge is 0.385 e. The molecule has 0 rings (SSSR count). The Kier molecular flexibility index (Phi) is 8.97. The molecule has 18 heavy (non-hydrogen) atoms. The third kappa shape index (κ3) is 8.44. The summed E-state index contributed by atoms with van der Waals surface area (Å²) in [4.78, 5) is 11.7. The van der Waals surface area contributed by atoms with Crippen LogP contribution in [0, 0.1) is 0 Å². The normalized spacial score (nSPS) is 13.4. The Morgan fingerprint density at radius 3 is 2.61 bits per heavy atom. The second kappa shape index (κ2) is 9.30. The van der Waals surface area contributed by atoms with Crippen LogP contribution in [0.5, 0.6) is 0 Å². The zero-order valence-corrected chi connectivity index (χ0v) is 12.3. The number of nitrogens with one attached hydrogen (secondary N) is 2. The summed E-state index contributed by atoms with van der Waals surface area (Å²) in [6.45, 7) is 10.5. The predicted octanol–water partition coefficient (Wildman–Crippen LogP) is 0.932. The van der Waals surface area contributed by atoms with E-state index in [1.165, 1.54) is 0 Å². The Morgan fingerprint density at radius 1 is 1.39 bits per heavy atom. The van der Waals surface area contributed by atoms with Gasteiger partial charge in [0.05, 0.1) is 11.6 Å². The first-order valence-corrected chi connectivity index (χ1v) is 6.57. The number of hydrogen-bond donors (Lipinski definition) is 2. The van der Waals surface area contributed by atoms with E-state index < -0.39 is 0 Å². The number of rotatable bonds is 10. The van der Waals surface area contributed by atoms with Gasteiger partial charge in [0, 0.05) is 33.4 Å². The van der Waals surface area contributed by atoms with Gasteiger partial charge in [-0.3, -0.25) is 4.79 Å². The Balaban J connectivity index is 3.80. The first-order chi connectivity index (χ1) is 8.43. The van der Waals surface area contributed by atoms with Crippen LogP contribution in [0.25, 0.3) is 0 Å². The van der Waals surface area contributed by atoms with Crippen molar-refractivity contribution in [3.05, 3.63) is 0 Å². The molecule has 0 aromatic heterocycles. The summed E-state index contributed by atoms with van der Waals surface area (Å²) in [5, 5.41) is 6.04. The minimum Gasteiger partial charge on any atom is -0.385 e. The van der Waals surface area contributed by atoms with E-state index in [4.69, 9.17) is 9.47 Å². The molecular formula is C13H28N2O3. The van der Waals surface area contributed by atoms with E-state index in [2.05, 4.69) is 10.6 Å². The molecule has 5 heteroatoms. The number of amides is 1. The van der Waals surface area contributed by atoms with Crippen LogP contribution in [-0.2, 0) is 14.3 Å². The molecule has 0 spiro atoms. The number of hydrogen-bond acceptors (Lipinski definition) is 4. The van der Waals surface area contributed by atoms with Crippen molar-refractivity contribution in [1.82, 2.24) is 10.6 Å². The smallest absolute Gasteiger partial charge is 0.236 e.